The third-order valence-corrected chi connectivity index (χ3v) is 8.64. The van der Waals surface area contributed by atoms with Gasteiger partial charge in [0, 0.05) is 38.2 Å². The molecule has 5 rings (SSSR count). The predicted octanol–water partition coefficient (Wildman–Crippen LogP) is 5.84. The van der Waals surface area contributed by atoms with Gasteiger partial charge in [-0.25, -0.2) is 0 Å². The molecule has 0 aliphatic carbocycles. The van der Waals surface area contributed by atoms with Crippen LogP contribution < -0.4 is 4.74 Å². The molecular weight excluding hydrogens is 658 g/mol. The summed E-state index contributed by atoms with van der Waals surface area (Å²) in [5.41, 5.74) is -2.82. The van der Waals surface area contributed by atoms with Gasteiger partial charge in [-0.3, -0.25) is 14.6 Å². The Morgan fingerprint density at radius 3 is 2.37 bits per heavy atom. The lowest BCUT2D eigenvalue weighted by Gasteiger charge is -2.26. The van der Waals surface area contributed by atoms with Crippen molar-refractivity contribution >= 4 is 40.3 Å². The van der Waals surface area contributed by atoms with Crippen molar-refractivity contribution < 1.29 is 40.6 Å². The Morgan fingerprint density at radius 1 is 1.00 bits per heavy atom. The van der Waals surface area contributed by atoms with Crippen LogP contribution in [0.5, 0.6) is 5.75 Å². The molecule has 17 heteroatoms. The number of nitrogens with zero attached hydrogens (tertiary/aromatic N) is 5. The van der Waals surface area contributed by atoms with Crippen LogP contribution in [0.3, 0.4) is 0 Å². The zero-order chi connectivity index (χ0) is 32.9. The molecule has 2 fully saturated rings. The van der Waals surface area contributed by atoms with Gasteiger partial charge in [0.15, 0.2) is 5.82 Å². The van der Waals surface area contributed by atoms with E-state index in [1.165, 1.54) is 23.1 Å². The molecule has 0 spiro atoms. The highest BCUT2D eigenvalue weighted by molar-refractivity contribution is 8.26. The standard InChI is InChI=1S/C29H28F6N6O3S2/c30-28(31,32)20-15-19(16-21(17-20)29(33,34)35)22-13-18(4-5-23(22)44-12-9-40-7-10-43-11-8-40)14-24-26(42)41(27(45)46-24)6-2-1-3-25-36-38-39-37-25/h4-5,13-17H,1-3,6-12H2,(H,36,37,38,39)/b24-14-. The van der Waals surface area contributed by atoms with E-state index in [0.29, 0.717) is 86.5 Å². The largest absolute Gasteiger partial charge is 0.492 e. The lowest BCUT2D eigenvalue weighted by atomic mass is 9.96. The molecular formula is C29H28F6N6O3S2. The molecule has 3 aromatic rings. The number of hydrogen-bond donors (Lipinski definition) is 1. The van der Waals surface area contributed by atoms with E-state index in [1.54, 1.807) is 6.07 Å². The van der Waals surface area contributed by atoms with Crippen LogP contribution >= 0.6 is 24.0 Å². The fourth-order valence-electron chi connectivity index (χ4n) is 4.89. The first-order valence-corrected chi connectivity index (χ1v) is 15.5. The number of hydrogen-bond acceptors (Lipinski definition) is 9. The van der Waals surface area contributed by atoms with Gasteiger partial charge in [0.25, 0.3) is 5.91 Å². The Labute approximate surface area is 269 Å². The van der Waals surface area contributed by atoms with Gasteiger partial charge >= 0.3 is 12.4 Å². The Hall–Kier alpha value is -3.54. The zero-order valence-electron chi connectivity index (χ0n) is 24.2. The molecule has 0 unspecified atom stereocenters. The fraction of sp³-hybridized carbons (Fsp3) is 0.414. The SMILES string of the molecule is O=C1/C(=C/c2ccc(OCCN3CCOCC3)c(-c3cc(C(F)(F)F)cc(C(F)(F)F)c3)c2)SC(=S)N1CCCCc1nn[nH]n1. The molecule has 1 N–H and O–H groups in total. The van der Waals surface area contributed by atoms with Gasteiger partial charge in [-0.05, 0) is 60.4 Å². The van der Waals surface area contributed by atoms with Crippen molar-refractivity contribution in [3.05, 3.63) is 63.8 Å². The van der Waals surface area contributed by atoms with Crippen LogP contribution in [0.2, 0.25) is 0 Å². The number of thiocarbonyl (C=S) groups is 1. The van der Waals surface area contributed by atoms with Gasteiger partial charge in [-0.2, -0.15) is 31.6 Å². The molecule has 0 atom stereocenters. The molecule has 0 bridgehead atoms. The first-order chi connectivity index (χ1) is 21.9. The first kappa shape index (κ1) is 33.8. The van der Waals surface area contributed by atoms with Crippen molar-refractivity contribution in [2.75, 3.05) is 46.0 Å². The molecule has 246 valence electrons. The average molecular weight is 687 g/mol. The number of carbonyl (C=O) groups is 1. The number of ether oxygens (including phenoxy) is 2. The van der Waals surface area contributed by atoms with Crippen molar-refractivity contribution in [1.29, 1.82) is 0 Å². The quantitative estimate of drug-likeness (QED) is 0.116. The second-order valence-corrected chi connectivity index (χ2v) is 12.1. The molecule has 2 aliphatic heterocycles. The number of aromatic amines is 1. The van der Waals surface area contributed by atoms with E-state index in [2.05, 4.69) is 25.5 Å². The lowest BCUT2D eigenvalue weighted by Crippen LogP contribution is -2.38. The third-order valence-electron chi connectivity index (χ3n) is 7.26. The average Bonchev–Trinajstić information content (AvgIpc) is 3.63. The molecule has 46 heavy (non-hydrogen) atoms. The van der Waals surface area contributed by atoms with Crippen molar-refractivity contribution in [3.63, 3.8) is 0 Å². The summed E-state index contributed by atoms with van der Waals surface area (Å²) >= 11 is 6.47. The number of morpholine rings is 1. The number of aromatic nitrogens is 4. The summed E-state index contributed by atoms with van der Waals surface area (Å²) < 4.78 is 93.9. The fourth-order valence-corrected chi connectivity index (χ4v) is 6.20. The van der Waals surface area contributed by atoms with E-state index in [-0.39, 0.29) is 40.4 Å². The summed E-state index contributed by atoms with van der Waals surface area (Å²) in [5.74, 6) is 0.310. The van der Waals surface area contributed by atoms with Crippen LogP contribution in [0.25, 0.3) is 17.2 Å². The van der Waals surface area contributed by atoms with Gasteiger partial charge < -0.3 is 9.47 Å². The summed E-state index contributed by atoms with van der Waals surface area (Å²) in [6.07, 6.45) is -6.67. The zero-order valence-corrected chi connectivity index (χ0v) is 25.8. The van der Waals surface area contributed by atoms with Crippen LogP contribution in [0, 0.1) is 0 Å². The van der Waals surface area contributed by atoms with Crippen LogP contribution in [0.4, 0.5) is 26.3 Å². The smallest absolute Gasteiger partial charge is 0.416 e. The van der Waals surface area contributed by atoms with E-state index < -0.39 is 23.5 Å². The highest BCUT2D eigenvalue weighted by Gasteiger charge is 2.37. The van der Waals surface area contributed by atoms with E-state index in [9.17, 15) is 31.1 Å². The Kier molecular flexibility index (Phi) is 10.6. The number of alkyl halides is 6. The second-order valence-electron chi connectivity index (χ2n) is 10.5. The minimum absolute atomic E-state index is 0.0178. The Bertz CT molecular complexity index is 1540. The van der Waals surface area contributed by atoms with Crippen LogP contribution in [-0.2, 0) is 28.3 Å². The van der Waals surface area contributed by atoms with Crippen molar-refractivity contribution in [2.24, 2.45) is 0 Å². The van der Waals surface area contributed by atoms with Gasteiger partial charge in [0.05, 0.1) is 29.2 Å². The maximum Gasteiger partial charge on any atom is 0.416 e. The highest BCUT2D eigenvalue weighted by atomic mass is 32.2. The van der Waals surface area contributed by atoms with Gasteiger partial charge in [0.2, 0.25) is 0 Å². The van der Waals surface area contributed by atoms with Crippen molar-refractivity contribution in [1.82, 2.24) is 30.4 Å². The molecule has 1 aromatic heterocycles. The topological polar surface area (TPSA) is 96.5 Å². The molecule has 0 saturated carbocycles. The number of tetrazole rings is 1. The molecule has 2 aromatic carbocycles. The minimum atomic E-state index is -5.02. The first-order valence-electron chi connectivity index (χ1n) is 14.2. The van der Waals surface area contributed by atoms with Crippen LogP contribution in [0.15, 0.2) is 41.3 Å². The molecule has 3 heterocycles. The number of halogens is 6. The number of unbranched alkanes of at least 4 members (excludes halogenated alkanes) is 1. The minimum Gasteiger partial charge on any atom is -0.492 e. The summed E-state index contributed by atoms with van der Waals surface area (Å²) in [5, 5.41) is 13.6. The molecule has 1 amide bonds. The Balaban J connectivity index is 1.41. The molecule has 9 nitrogen and oxygen atoms in total. The molecule has 2 saturated heterocycles. The summed E-state index contributed by atoms with van der Waals surface area (Å²) in [6, 6.07) is 5.89. The summed E-state index contributed by atoms with van der Waals surface area (Å²) in [7, 11) is 0. The number of amides is 1. The van der Waals surface area contributed by atoms with E-state index >= 15 is 0 Å². The number of benzene rings is 2. The van der Waals surface area contributed by atoms with Crippen molar-refractivity contribution in [3.8, 4) is 16.9 Å². The summed E-state index contributed by atoms with van der Waals surface area (Å²) in [6.45, 7) is 3.43. The maximum absolute atomic E-state index is 13.7. The van der Waals surface area contributed by atoms with Gasteiger partial charge in [-0.1, -0.05) is 35.3 Å². The van der Waals surface area contributed by atoms with Crippen molar-refractivity contribution in [2.45, 2.75) is 31.6 Å². The number of carbonyl (C=O) groups excluding carboxylic acids is 1. The number of thioether (sulfide) groups is 1. The highest BCUT2D eigenvalue weighted by Crippen LogP contribution is 2.41. The molecule has 0 radical (unpaired) electrons. The Morgan fingerprint density at radius 2 is 1.72 bits per heavy atom. The van der Waals surface area contributed by atoms with Crippen LogP contribution in [-0.4, -0.2) is 86.7 Å². The third kappa shape index (κ3) is 8.63. The summed E-state index contributed by atoms with van der Waals surface area (Å²) in [4.78, 5) is 17.0. The number of rotatable bonds is 11. The van der Waals surface area contributed by atoms with Gasteiger partial charge in [-0.15, -0.1) is 10.2 Å². The number of aryl methyl sites for hydroxylation is 1. The van der Waals surface area contributed by atoms with E-state index in [4.69, 9.17) is 21.7 Å². The van der Waals surface area contributed by atoms with Gasteiger partial charge in [0.1, 0.15) is 16.7 Å². The number of H-pyrrole nitrogens is 1. The lowest BCUT2D eigenvalue weighted by molar-refractivity contribution is -0.143. The second kappa shape index (κ2) is 14.5. The van der Waals surface area contributed by atoms with E-state index in [0.717, 1.165) is 11.8 Å². The monoisotopic (exact) mass is 686 g/mol. The predicted molar refractivity (Wildman–Crippen MR) is 162 cm³/mol. The van der Waals surface area contributed by atoms with Crippen LogP contribution in [0.1, 0.15) is 35.4 Å². The normalized spacial score (nSPS) is 17.3. The van der Waals surface area contributed by atoms with E-state index in [1.807, 2.05) is 0 Å². The maximum atomic E-state index is 13.7. The molecule has 2 aliphatic rings. The number of nitrogens with one attached hydrogen (secondary N) is 1.